The predicted molar refractivity (Wildman–Crippen MR) is 70.8 cm³/mol. The van der Waals surface area contributed by atoms with E-state index in [0.717, 1.165) is 18.2 Å². The van der Waals surface area contributed by atoms with Gasteiger partial charge in [0, 0.05) is 11.6 Å². The van der Waals surface area contributed by atoms with Crippen molar-refractivity contribution in [3.63, 3.8) is 0 Å². The maximum Gasteiger partial charge on any atom is 0.335 e. The molecule has 7 heteroatoms. The fourth-order valence-corrected chi connectivity index (χ4v) is 1.67. The lowest BCUT2D eigenvalue weighted by molar-refractivity contribution is -0.384. The Kier molecular flexibility index (Phi) is 4.13. The van der Waals surface area contributed by atoms with E-state index in [9.17, 15) is 19.3 Å². The molecule has 0 aliphatic rings. The van der Waals surface area contributed by atoms with Crippen molar-refractivity contribution in [3.8, 4) is 5.75 Å². The van der Waals surface area contributed by atoms with E-state index in [0.29, 0.717) is 0 Å². The predicted octanol–water partition coefficient (Wildman–Crippen LogP) is 3.01. The van der Waals surface area contributed by atoms with Gasteiger partial charge < -0.3 is 9.84 Å². The molecule has 0 atom stereocenters. The summed E-state index contributed by atoms with van der Waals surface area (Å²) in [6.07, 6.45) is 0. The number of nitro groups is 1. The first-order valence-electron chi connectivity index (χ1n) is 5.86. The molecule has 6 nitrogen and oxygen atoms in total. The van der Waals surface area contributed by atoms with Gasteiger partial charge in [0.1, 0.15) is 18.2 Å². The van der Waals surface area contributed by atoms with E-state index in [2.05, 4.69) is 0 Å². The van der Waals surface area contributed by atoms with Crippen LogP contribution in [0.5, 0.6) is 5.75 Å². The van der Waals surface area contributed by atoms with E-state index < -0.39 is 16.7 Å². The van der Waals surface area contributed by atoms with Gasteiger partial charge in [0.15, 0.2) is 0 Å². The first-order chi connectivity index (χ1) is 9.97. The van der Waals surface area contributed by atoms with E-state index in [1.807, 2.05) is 0 Å². The number of carbonyl (C=O) groups is 1. The normalized spacial score (nSPS) is 10.1. The van der Waals surface area contributed by atoms with Crippen molar-refractivity contribution in [1.29, 1.82) is 0 Å². The minimum absolute atomic E-state index is 0.0569. The smallest absolute Gasteiger partial charge is 0.335 e. The van der Waals surface area contributed by atoms with E-state index in [-0.39, 0.29) is 29.2 Å². The zero-order valence-corrected chi connectivity index (χ0v) is 10.7. The van der Waals surface area contributed by atoms with E-state index in [1.165, 1.54) is 24.3 Å². The summed E-state index contributed by atoms with van der Waals surface area (Å²) in [6.45, 7) is -0.228. The van der Waals surface area contributed by atoms with Gasteiger partial charge >= 0.3 is 5.97 Å². The highest BCUT2D eigenvalue weighted by Gasteiger charge is 2.10. The number of nitrogens with zero attached hydrogens (tertiary/aromatic N) is 1. The van der Waals surface area contributed by atoms with Gasteiger partial charge in [-0.05, 0) is 24.3 Å². The molecule has 21 heavy (non-hydrogen) atoms. The molecule has 0 fully saturated rings. The van der Waals surface area contributed by atoms with Crippen LogP contribution < -0.4 is 4.74 Å². The highest BCUT2D eigenvalue weighted by atomic mass is 19.1. The van der Waals surface area contributed by atoms with E-state index in [1.54, 1.807) is 0 Å². The number of non-ortho nitro benzene ring substituents is 1. The molecule has 0 amide bonds. The summed E-state index contributed by atoms with van der Waals surface area (Å²) < 4.78 is 18.8. The molecule has 0 bridgehead atoms. The zero-order chi connectivity index (χ0) is 15.4. The molecule has 0 spiro atoms. The van der Waals surface area contributed by atoms with Crippen LogP contribution in [0.15, 0.2) is 42.5 Å². The summed E-state index contributed by atoms with van der Waals surface area (Å²) in [6, 6.07) is 8.79. The summed E-state index contributed by atoms with van der Waals surface area (Å²) in [5, 5.41) is 19.5. The Bertz CT molecular complexity index is 702. The molecule has 0 saturated carbocycles. The Morgan fingerprint density at radius 2 is 2.05 bits per heavy atom. The molecule has 2 aromatic carbocycles. The molecule has 0 aliphatic heterocycles. The fourth-order valence-electron chi connectivity index (χ4n) is 1.67. The molecule has 108 valence electrons. The molecule has 1 N–H and O–H groups in total. The molecule has 2 aromatic rings. The molecule has 0 aromatic heterocycles. The second-order valence-corrected chi connectivity index (χ2v) is 4.15. The number of aromatic carboxylic acids is 1. The summed E-state index contributed by atoms with van der Waals surface area (Å²) >= 11 is 0. The van der Waals surface area contributed by atoms with Crippen LogP contribution in [-0.4, -0.2) is 16.0 Å². The largest absolute Gasteiger partial charge is 0.489 e. The van der Waals surface area contributed by atoms with Crippen molar-refractivity contribution in [2.24, 2.45) is 0 Å². The zero-order valence-electron chi connectivity index (χ0n) is 10.7. The second kappa shape index (κ2) is 6.00. The minimum atomic E-state index is -1.17. The van der Waals surface area contributed by atoms with Crippen LogP contribution >= 0.6 is 0 Å². The molecule has 0 unspecified atom stereocenters. The van der Waals surface area contributed by atoms with Crippen molar-refractivity contribution in [2.45, 2.75) is 6.61 Å². The molecule has 2 rings (SSSR count). The number of carboxylic acid groups (broad SMARTS) is 1. The molecule has 0 aliphatic carbocycles. The van der Waals surface area contributed by atoms with Gasteiger partial charge in [-0.25, -0.2) is 9.18 Å². The Balaban J connectivity index is 2.16. The maximum absolute atomic E-state index is 13.6. The van der Waals surface area contributed by atoms with Crippen LogP contribution in [0.25, 0.3) is 0 Å². The number of hydrogen-bond acceptors (Lipinski definition) is 4. The average molecular weight is 291 g/mol. The lowest BCUT2D eigenvalue weighted by atomic mass is 10.1. The quantitative estimate of drug-likeness (QED) is 0.675. The summed E-state index contributed by atoms with van der Waals surface area (Å²) in [7, 11) is 0. The molecular weight excluding hydrogens is 281 g/mol. The van der Waals surface area contributed by atoms with Crippen LogP contribution in [0.1, 0.15) is 15.9 Å². The van der Waals surface area contributed by atoms with Crippen molar-refractivity contribution in [2.75, 3.05) is 0 Å². The third kappa shape index (κ3) is 3.53. The lowest BCUT2D eigenvalue weighted by Crippen LogP contribution is -2.03. The Morgan fingerprint density at radius 3 is 2.71 bits per heavy atom. The highest BCUT2D eigenvalue weighted by Crippen LogP contribution is 2.21. The molecule has 0 heterocycles. The van der Waals surface area contributed by atoms with Gasteiger partial charge in [-0.2, -0.15) is 0 Å². The van der Waals surface area contributed by atoms with Crippen LogP contribution in [-0.2, 0) is 6.61 Å². The first kappa shape index (κ1) is 14.4. The van der Waals surface area contributed by atoms with E-state index >= 15 is 0 Å². The summed E-state index contributed by atoms with van der Waals surface area (Å²) in [5.41, 5.74) is -0.150. The second-order valence-electron chi connectivity index (χ2n) is 4.15. The number of carboxylic acids is 1. The third-order valence-corrected chi connectivity index (χ3v) is 2.72. The molecule has 0 radical (unpaired) electrons. The van der Waals surface area contributed by atoms with Crippen LogP contribution in [0, 0.1) is 15.9 Å². The summed E-state index contributed by atoms with van der Waals surface area (Å²) in [4.78, 5) is 20.9. The van der Waals surface area contributed by atoms with Crippen LogP contribution in [0.2, 0.25) is 0 Å². The van der Waals surface area contributed by atoms with Crippen molar-refractivity contribution < 1.29 is 24.0 Å². The van der Waals surface area contributed by atoms with Gasteiger partial charge in [-0.1, -0.05) is 6.07 Å². The van der Waals surface area contributed by atoms with Crippen molar-refractivity contribution in [1.82, 2.24) is 0 Å². The number of halogens is 1. The standard InChI is InChI=1S/C14H10FNO5/c15-13-5-4-9(14(17)18)6-10(13)8-21-12-3-1-2-11(7-12)16(19)20/h1-7H,8H2,(H,17,18). The van der Waals surface area contributed by atoms with Gasteiger partial charge in [0.2, 0.25) is 0 Å². The van der Waals surface area contributed by atoms with Crippen LogP contribution in [0.3, 0.4) is 0 Å². The highest BCUT2D eigenvalue weighted by molar-refractivity contribution is 5.87. The maximum atomic E-state index is 13.6. The van der Waals surface area contributed by atoms with Crippen LogP contribution in [0.4, 0.5) is 10.1 Å². The molecule has 0 saturated heterocycles. The average Bonchev–Trinajstić information content (AvgIpc) is 2.46. The lowest BCUT2D eigenvalue weighted by Gasteiger charge is -2.08. The third-order valence-electron chi connectivity index (χ3n) is 2.72. The van der Waals surface area contributed by atoms with Gasteiger partial charge in [-0.15, -0.1) is 0 Å². The Morgan fingerprint density at radius 1 is 1.29 bits per heavy atom. The SMILES string of the molecule is O=C(O)c1ccc(F)c(COc2cccc([N+](=O)[O-])c2)c1. The summed E-state index contributed by atoms with van der Waals surface area (Å²) in [5.74, 6) is -1.58. The molecular formula is C14H10FNO5. The number of ether oxygens (including phenoxy) is 1. The minimum Gasteiger partial charge on any atom is -0.489 e. The van der Waals surface area contributed by atoms with Crippen molar-refractivity contribution >= 4 is 11.7 Å². The van der Waals surface area contributed by atoms with Gasteiger partial charge in [0.05, 0.1) is 16.6 Å². The Labute approximate surface area is 118 Å². The number of benzene rings is 2. The number of nitro benzene ring substituents is 1. The first-order valence-corrected chi connectivity index (χ1v) is 5.86. The number of rotatable bonds is 5. The van der Waals surface area contributed by atoms with Crippen molar-refractivity contribution in [3.05, 3.63) is 69.5 Å². The monoisotopic (exact) mass is 291 g/mol. The Hall–Kier alpha value is -2.96. The number of hydrogen-bond donors (Lipinski definition) is 1. The van der Waals surface area contributed by atoms with Gasteiger partial charge in [-0.3, -0.25) is 10.1 Å². The van der Waals surface area contributed by atoms with Gasteiger partial charge in [0.25, 0.3) is 5.69 Å². The van der Waals surface area contributed by atoms with E-state index in [4.69, 9.17) is 9.84 Å². The topological polar surface area (TPSA) is 89.7 Å². The fraction of sp³-hybridized carbons (Fsp3) is 0.0714.